The third-order valence-corrected chi connectivity index (χ3v) is 3.99. The second-order valence-electron chi connectivity index (χ2n) is 5.66. The minimum absolute atomic E-state index is 0.116. The standard InChI is InChI=1S/C17H23BrN2O2/c1-4-22-17(21)6-5-9-20-12-13(11-19(2)3)15-10-14(18)7-8-16(15)20/h7-8,10,12H,4-6,9,11H2,1-3H3. The normalized spacial score (nSPS) is 11.3. The van der Waals surface area contributed by atoms with E-state index < -0.39 is 0 Å². The van der Waals surface area contributed by atoms with E-state index in [1.807, 2.05) is 6.92 Å². The van der Waals surface area contributed by atoms with Gasteiger partial charge in [0.15, 0.2) is 0 Å². The Morgan fingerprint density at radius 1 is 1.36 bits per heavy atom. The minimum Gasteiger partial charge on any atom is -0.466 e. The monoisotopic (exact) mass is 366 g/mol. The van der Waals surface area contributed by atoms with Crippen molar-refractivity contribution < 1.29 is 9.53 Å². The van der Waals surface area contributed by atoms with E-state index in [1.165, 1.54) is 16.5 Å². The molecular weight excluding hydrogens is 344 g/mol. The highest BCUT2D eigenvalue weighted by atomic mass is 79.9. The molecule has 0 aliphatic heterocycles. The third kappa shape index (κ3) is 4.34. The molecule has 0 bridgehead atoms. The lowest BCUT2D eigenvalue weighted by atomic mass is 10.2. The van der Waals surface area contributed by atoms with E-state index in [4.69, 9.17) is 4.74 Å². The molecule has 0 fully saturated rings. The van der Waals surface area contributed by atoms with Gasteiger partial charge in [0.25, 0.3) is 0 Å². The number of benzene rings is 1. The molecule has 0 aliphatic carbocycles. The smallest absolute Gasteiger partial charge is 0.305 e. The van der Waals surface area contributed by atoms with E-state index in [1.54, 1.807) is 0 Å². The van der Waals surface area contributed by atoms with Crippen molar-refractivity contribution in [2.24, 2.45) is 0 Å². The van der Waals surface area contributed by atoms with Gasteiger partial charge in [-0.25, -0.2) is 0 Å². The van der Waals surface area contributed by atoms with Gasteiger partial charge < -0.3 is 14.2 Å². The first-order valence-corrected chi connectivity index (χ1v) is 8.38. The van der Waals surface area contributed by atoms with Crippen LogP contribution in [0, 0.1) is 0 Å². The summed E-state index contributed by atoms with van der Waals surface area (Å²) in [6, 6.07) is 6.35. The Labute approximate surface area is 140 Å². The van der Waals surface area contributed by atoms with Gasteiger partial charge in [0.2, 0.25) is 0 Å². The Morgan fingerprint density at radius 3 is 2.82 bits per heavy atom. The van der Waals surface area contributed by atoms with Crippen molar-refractivity contribution in [3.63, 3.8) is 0 Å². The van der Waals surface area contributed by atoms with Crippen molar-refractivity contribution in [1.29, 1.82) is 0 Å². The molecule has 0 amide bonds. The first-order chi connectivity index (χ1) is 10.5. The van der Waals surface area contributed by atoms with Crippen LogP contribution >= 0.6 is 15.9 Å². The van der Waals surface area contributed by atoms with Gasteiger partial charge in [-0.1, -0.05) is 15.9 Å². The van der Waals surface area contributed by atoms with E-state index in [-0.39, 0.29) is 5.97 Å². The lowest BCUT2D eigenvalue weighted by molar-refractivity contribution is -0.143. The zero-order valence-corrected chi connectivity index (χ0v) is 15.0. The summed E-state index contributed by atoms with van der Waals surface area (Å²) in [5.74, 6) is -0.116. The Bertz CT molecular complexity index is 649. The van der Waals surface area contributed by atoms with Gasteiger partial charge >= 0.3 is 5.97 Å². The molecule has 22 heavy (non-hydrogen) atoms. The van der Waals surface area contributed by atoms with Crippen molar-refractivity contribution >= 4 is 32.8 Å². The lowest BCUT2D eigenvalue weighted by Crippen LogP contribution is -2.10. The molecule has 2 aromatic rings. The third-order valence-electron chi connectivity index (χ3n) is 3.50. The molecule has 5 heteroatoms. The van der Waals surface area contributed by atoms with Crippen molar-refractivity contribution in [2.45, 2.75) is 32.9 Å². The molecule has 1 aromatic carbocycles. The molecular formula is C17H23BrN2O2. The Balaban J connectivity index is 2.17. The Hall–Kier alpha value is -1.33. The lowest BCUT2D eigenvalue weighted by Gasteiger charge is -2.07. The Kier molecular flexibility index (Phi) is 6.03. The molecule has 0 saturated heterocycles. The van der Waals surface area contributed by atoms with Crippen LogP contribution < -0.4 is 0 Å². The first kappa shape index (κ1) is 17.0. The molecule has 0 aliphatic rings. The molecule has 0 spiro atoms. The summed E-state index contributed by atoms with van der Waals surface area (Å²) in [6.45, 7) is 4.01. The number of carbonyl (C=O) groups is 1. The highest BCUT2D eigenvalue weighted by molar-refractivity contribution is 9.10. The topological polar surface area (TPSA) is 34.5 Å². The number of ether oxygens (including phenoxy) is 1. The van der Waals surface area contributed by atoms with Crippen LogP contribution in [0.5, 0.6) is 0 Å². The second-order valence-corrected chi connectivity index (χ2v) is 6.57. The fourth-order valence-electron chi connectivity index (χ4n) is 2.62. The summed E-state index contributed by atoms with van der Waals surface area (Å²) in [6.07, 6.45) is 3.45. The summed E-state index contributed by atoms with van der Waals surface area (Å²) in [7, 11) is 4.14. The molecule has 4 nitrogen and oxygen atoms in total. The maximum Gasteiger partial charge on any atom is 0.305 e. The van der Waals surface area contributed by atoms with E-state index in [9.17, 15) is 4.79 Å². The highest BCUT2D eigenvalue weighted by Crippen LogP contribution is 2.26. The fourth-order valence-corrected chi connectivity index (χ4v) is 2.98. The van der Waals surface area contributed by atoms with Crippen molar-refractivity contribution in [2.75, 3.05) is 20.7 Å². The second kappa shape index (κ2) is 7.79. The number of hydrogen-bond acceptors (Lipinski definition) is 3. The summed E-state index contributed by atoms with van der Waals surface area (Å²) in [4.78, 5) is 13.6. The van der Waals surface area contributed by atoms with Gasteiger partial charge in [0.05, 0.1) is 6.61 Å². The SMILES string of the molecule is CCOC(=O)CCCn1cc(CN(C)C)c2cc(Br)ccc21. The van der Waals surface area contributed by atoms with Crippen LogP contribution in [-0.2, 0) is 22.6 Å². The zero-order valence-electron chi connectivity index (χ0n) is 13.4. The molecule has 1 heterocycles. The van der Waals surface area contributed by atoms with Crippen LogP contribution in [0.3, 0.4) is 0 Å². The number of carbonyl (C=O) groups excluding carboxylic acids is 1. The number of halogens is 1. The maximum absolute atomic E-state index is 11.4. The van der Waals surface area contributed by atoms with Crippen LogP contribution in [0.1, 0.15) is 25.3 Å². The summed E-state index contributed by atoms with van der Waals surface area (Å²) in [5.41, 5.74) is 2.52. The molecule has 1 aromatic heterocycles. The van der Waals surface area contributed by atoms with Gasteiger partial charge in [-0.3, -0.25) is 4.79 Å². The predicted molar refractivity (Wildman–Crippen MR) is 92.9 cm³/mol. The molecule has 0 radical (unpaired) electrons. The predicted octanol–water partition coefficient (Wildman–Crippen LogP) is 3.81. The van der Waals surface area contributed by atoms with Crippen LogP contribution in [0.4, 0.5) is 0 Å². The van der Waals surface area contributed by atoms with Crippen LogP contribution in [-0.4, -0.2) is 36.1 Å². The number of fused-ring (bicyclic) bond motifs is 1. The number of hydrogen-bond donors (Lipinski definition) is 0. The van der Waals surface area contributed by atoms with Crippen molar-refractivity contribution in [3.05, 3.63) is 34.4 Å². The maximum atomic E-state index is 11.4. The van der Waals surface area contributed by atoms with Gasteiger partial charge in [0.1, 0.15) is 0 Å². The number of nitrogens with zero attached hydrogens (tertiary/aromatic N) is 2. The van der Waals surface area contributed by atoms with E-state index >= 15 is 0 Å². The average molecular weight is 367 g/mol. The molecule has 0 atom stereocenters. The van der Waals surface area contributed by atoms with E-state index in [0.717, 1.165) is 24.0 Å². The number of esters is 1. The molecule has 2 rings (SSSR count). The minimum atomic E-state index is -0.116. The van der Waals surface area contributed by atoms with Crippen molar-refractivity contribution in [1.82, 2.24) is 9.47 Å². The average Bonchev–Trinajstić information content (AvgIpc) is 2.76. The molecule has 0 N–H and O–H groups in total. The largest absolute Gasteiger partial charge is 0.466 e. The summed E-state index contributed by atoms with van der Waals surface area (Å²) < 4.78 is 8.30. The van der Waals surface area contributed by atoms with Crippen LogP contribution in [0.2, 0.25) is 0 Å². The summed E-state index contributed by atoms with van der Waals surface area (Å²) in [5, 5.41) is 1.26. The quantitative estimate of drug-likeness (QED) is 0.698. The molecule has 0 saturated carbocycles. The van der Waals surface area contributed by atoms with Crippen molar-refractivity contribution in [3.8, 4) is 0 Å². The Morgan fingerprint density at radius 2 is 2.14 bits per heavy atom. The van der Waals surface area contributed by atoms with Gasteiger partial charge in [-0.15, -0.1) is 0 Å². The van der Waals surface area contributed by atoms with E-state index in [0.29, 0.717) is 13.0 Å². The van der Waals surface area contributed by atoms with Gasteiger partial charge in [0, 0.05) is 41.1 Å². The van der Waals surface area contributed by atoms with Crippen LogP contribution in [0.15, 0.2) is 28.9 Å². The first-order valence-electron chi connectivity index (χ1n) is 7.59. The van der Waals surface area contributed by atoms with Crippen LogP contribution in [0.25, 0.3) is 10.9 Å². The van der Waals surface area contributed by atoms with Gasteiger partial charge in [-0.05, 0) is 51.2 Å². The molecule has 120 valence electrons. The molecule has 0 unspecified atom stereocenters. The van der Waals surface area contributed by atoms with E-state index in [2.05, 4.69) is 63.9 Å². The number of rotatable bonds is 7. The summed E-state index contributed by atoms with van der Waals surface area (Å²) >= 11 is 3.55. The fraction of sp³-hybridized carbons (Fsp3) is 0.471. The zero-order chi connectivity index (χ0) is 16.1. The number of aromatic nitrogens is 1. The number of aryl methyl sites for hydroxylation is 1. The highest BCUT2D eigenvalue weighted by Gasteiger charge is 2.10. The van der Waals surface area contributed by atoms with Gasteiger partial charge in [-0.2, -0.15) is 0 Å².